The molecule has 2 aromatic rings. The van der Waals surface area contributed by atoms with Crippen LogP contribution in [0.5, 0.6) is 0 Å². The smallest absolute Gasteiger partial charge is 0.275 e. The summed E-state index contributed by atoms with van der Waals surface area (Å²) in [5, 5.41) is 10.2. The van der Waals surface area contributed by atoms with Crippen LogP contribution >= 0.6 is 11.5 Å². The van der Waals surface area contributed by atoms with Gasteiger partial charge >= 0.3 is 0 Å². The van der Waals surface area contributed by atoms with E-state index in [0.29, 0.717) is 25.4 Å². The number of fused-ring (bicyclic) bond motifs is 1. The summed E-state index contributed by atoms with van der Waals surface area (Å²) >= 11 is 1.20. The first kappa shape index (κ1) is 14.8. The first-order valence-electron chi connectivity index (χ1n) is 7.90. The molecule has 0 unspecified atom stereocenters. The van der Waals surface area contributed by atoms with Crippen molar-refractivity contribution in [1.29, 1.82) is 0 Å². The fraction of sp³-hybridized carbons (Fsp3) is 0.600. The van der Waals surface area contributed by atoms with Gasteiger partial charge in [-0.25, -0.2) is 0 Å². The van der Waals surface area contributed by atoms with Crippen molar-refractivity contribution >= 4 is 17.4 Å². The quantitative estimate of drug-likeness (QED) is 0.827. The molecule has 0 aromatic carbocycles. The molecule has 1 saturated carbocycles. The minimum absolute atomic E-state index is 0.0582. The highest BCUT2D eigenvalue weighted by Crippen LogP contribution is 2.29. The third-order valence-electron chi connectivity index (χ3n) is 4.49. The number of hydrogen-bond acceptors (Lipinski definition) is 6. The van der Waals surface area contributed by atoms with Crippen LogP contribution in [0.2, 0.25) is 0 Å². The fourth-order valence-corrected chi connectivity index (χ4v) is 3.40. The second-order valence-corrected chi connectivity index (χ2v) is 6.83. The summed E-state index contributed by atoms with van der Waals surface area (Å²) in [5.41, 5.74) is 3.78. The maximum atomic E-state index is 12.4. The lowest BCUT2D eigenvalue weighted by Crippen LogP contribution is -2.36. The number of carbonyl (C=O) groups is 1. The maximum Gasteiger partial charge on any atom is 0.275 e. The van der Waals surface area contributed by atoms with E-state index < -0.39 is 0 Å². The SMILES string of the molecule is Cn1nc(COCC2CC2)c2c1CN(C(=O)c1csnn1)CC2. The van der Waals surface area contributed by atoms with Gasteiger partial charge in [-0.1, -0.05) is 4.49 Å². The van der Waals surface area contributed by atoms with Crippen LogP contribution in [0.1, 0.15) is 40.3 Å². The zero-order chi connectivity index (χ0) is 15.8. The molecule has 1 amide bonds. The Hall–Kier alpha value is -1.80. The molecule has 1 fully saturated rings. The van der Waals surface area contributed by atoms with E-state index in [4.69, 9.17) is 4.74 Å². The molecule has 0 N–H and O–H groups in total. The summed E-state index contributed by atoms with van der Waals surface area (Å²) in [6.45, 7) is 2.67. The van der Waals surface area contributed by atoms with Crippen molar-refractivity contribution in [2.45, 2.75) is 32.4 Å². The van der Waals surface area contributed by atoms with Crippen molar-refractivity contribution in [2.75, 3.05) is 13.2 Å². The fourth-order valence-electron chi connectivity index (χ4n) is 2.97. The molecule has 0 radical (unpaired) electrons. The second-order valence-electron chi connectivity index (χ2n) is 6.22. The summed E-state index contributed by atoms with van der Waals surface area (Å²) in [7, 11) is 1.93. The van der Waals surface area contributed by atoms with Crippen molar-refractivity contribution in [1.82, 2.24) is 24.3 Å². The van der Waals surface area contributed by atoms with Crippen LogP contribution in [0.3, 0.4) is 0 Å². The third kappa shape index (κ3) is 3.00. The largest absolute Gasteiger partial charge is 0.375 e. The van der Waals surface area contributed by atoms with Crippen LogP contribution in [0.25, 0.3) is 0 Å². The van der Waals surface area contributed by atoms with E-state index in [1.807, 2.05) is 16.6 Å². The van der Waals surface area contributed by atoms with Crippen molar-refractivity contribution in [3.8, 4) is 0 Å². The zero-order valence-corrected chi connectivity index (χ0v) is 13.9. The molecule has 0 atom stereocenters. The Morgan fingerprint density at radius 1 is 1.48 bits per heavy atom. The van der Waals surface area contributed by atoms with E-state index >= 15 is 0 Å². The summed E-state index contributed by atoms with van der Waals surface area (Å²) < 4.78 is 11.4. The Morgan fingerprint density at radius 2 is 2.35 bits per heavy atom. The molecule has 8 heteroatoms. The predicted octanol–water partition coefficient (Wildman–Crippen LogP) is 1.40. The summed E-state index contributed by atoms with van der Waals surface area (Å²) in [6, 6.07) is 0. The van der Waals surface area contributed by atoms with Crippen molar-refractivity contribution in [3.05, 3.63) is 28.0 Å². The Balaban J connectivity index is 1.46. The molecular weight excluding hydrogens is 314 g/mol. The number of ether oxygens (including phenoxy) is 1. The van der Waals surface area contributed by atoms with E-state index in [1.54, 1.807) is 5.38 Å². The molecular formula is C15H19N5O2S. The van der Waals surface area contributed by atoms with Crippen molar-refractivity contribution in [2.24, 2.45) is 13.0 Å². The van der Waals surface area contributed by atoms with E-state index in [2.05, 4.69) is 14.7 Å². The van der Waals surface area contributed by atoms with Gasteiger partial charge < -0.3 is 9.64 Å². The van der Waals surface area contributed by atoms with Crippen LogP contribution in [0.4, 0.5) is 0 Å². The average Bonchev–Trinajstić information content (AvgIpc) is 3.11. The van der Waals surface area contributed by atoms with E-state index in [0.717, 1.165) is 30.3 Å². The lowest BCUT2D eigenvalue weighted by atomic mass is 10.0. The number of hydrogen-bond donors (Lipinski definition) is 0. The van der Waals surface area contributed by atoms with Crippen molar-refractivity contribution < 1.29 is 9.53 Å². The summed E-state index contributed by atoms with van der Waals surface area (Å²) in [4.78, 5) is 14.2. The minimum Gasteiger partial charge on any atom is -0.375 e. The zero-order valence-electron chi connectivity index (χ0n) is 13.1. The highest BCUT2D eigenvalue weighted by atomic mass is 32.1. The van der Waals surface area contributed by atoms with Gasteiger partial charge in [0.25, 0.3) is 5.91 Å². The van der Waals surface area contributed by atoms with Crippen LogP contribution in [0.15, 0.2) is 5.38 Å². The third-order valence-corrected chi connectivity index (χ3v) is 4.99. The number of amides is 1. The molecule has 23 heavy (non-hydrogen) atoms. The van der Waals surface area contributed by atoms with Gasteiger partial charge in [0, 0.05) is 31.1 Å². The standard InChI is InChI=1S/C15H19N5O2S/c1-19-14-6-20(15(21)13-9-23-18-16-13)5-4-11(14)12(17-19)8-22-7-10-2-3-10/h9-10H,2-8H2,1H3. The van der Waals surface area contributed by atoms with Gasteiger partial charge in [-0.2, -0.15) is 5.10 Å². The van der Waals surface area contributed by atoms with Gasteiger partial charge in [0.15, 0.2) is 5.69 Å². The first-order chi connectivity index (χ1) is 11.2. The molecule has 0 saturated heterocycles. The average molecular weight is 333 g/mol. The Kier molecular flexibility index (Phi) is 3.86. The normalized spacial score (nSPS) is 17.3. The lowest BCUT2D eigenvalue weighted by Gasteiger charge is -2.27. The molecule has 122 valence electrons. The molecule has 1 aliphatic heterocycles. The van der Waals surface area contributed by atoms with Gasteiger partial charge in [0.05, 0.1) is 24.5 Å². The van der Waals surface area contributed by atoms with Gasteiger partial charge in [0.1, 0.15) is 0 Å². The van der Waals surface area contributed by atoms with E-state index in [-0.39, 0.29) is 5.91 Å². The van der Waals surface area contributed by atoms with Crippen molar-refractivity contribution in [3.63, 3.8) is 0 Å². The molecule has 2 aromatic heterocycles. The number of rotatable bonds is 5. The second kappa shape index (κ2) is 6.01. The van der Waals surface area contributed by atoms with Crippen LogP contribution < -0.4 is 0 Å². The highest BCUT2D eigenvalue weighted by Gasteiger charge is 2.28. The monoisotopic (exact) mass is 333 g/mol. The number of aryl methyl sites for hydroxylation is 1. The van der Waals surface area contributed by atoms with Gasteiger partial charge in [-0.3, -0.25) is 9.48 Å². The van der Waals surface area contributed by atoms with Gasteiger partial charge in [-0.05, 0) is 36.7 Å². The van der Waals surface area contributed by atoms with Crippen LogP contribution in [0, 0.1) is 5.92 Å². The molecule has 0 spiro atoms. The Morgan fingerprint density at radius 3 is 3.09 bits per heavy atom. The predicted molar refractivity (Wildman–Crippen MR) is 83.9 cm³/mol. The molecule has 4 rings (SSSR count). The molecule has 1 aliphatic carbocycles. The minimum atomic E-state index is -0.0582. The molecule has 0 bridgehead atoms. The first-order valence-corrected chi connectivity index (χ1v) is 8.73. The molecule has 3 heterocycles. The Labute approximate surface area is 138 Å². The topological polar surface area (TPSA) is 73.1 Å². The molecule has 7 nitrogen and oxygen atoms in total. The maximum absolute atomic E-state index is 12.4. The highest BCUT2D eigenvalue weighted by molar-refractivity contribution is 7.03. The van der Waals surface area contributed by atoms with Gasteiger partial charge in [0.2, 0.25) is 0 Å². The van der Waals surface area contributed by atoms with Crippen LogP contribution in [-0.2, 0) is 31.4 Å². The van der Waals surface area contributed by atoms with E-state index in [1.165, 1.54) is 29.9 Å². The van der Waals surface area contributed by atoms with Gasteiger partial charge in [-0.15, -0.1) is 5.10 Å². The van der Waals surface area contributed by atoms with Crippen LogP contribution in [-0.4, -0.2) is 43.3 Å². The summed E-state index contributed by atoms with van der Waals surface area (Å²) in [5.74, 6) is 0.700. The number of nitrogens with zero attached hydrogens (tertiary/aromatic N) is 5. The number of carbonyl (C=O) groups excluding carboxylic acids is 1. The lowest BCUT2D eigenvalue weighted by molar-refractivity contribution is 0.0723. The number of aromatic nitrogens is 4. The van der Waals surface area contributed by atoms with E-state index in [9.17, 15) is 4.79 Å². The summed E-state index contributed by atoms with van der Waals surface area (Å²) in [6.07, 6.45) is 3.40. The molecule has 2 aliphatic rings. The Bertz CT molecular complexity index is 708.